The SMILES string of the molecule is CN(CCCCCCNCCN1C(=O)c2cccc3cccc(c23)C1=O)CCN(C)C(=O)c1cccc2cccc(C=O)c12. The minimum atomic E-state index is -0.221. The minimum Gasteiger partial charge on any atom is -0.340 e. The standard InChI is InChI=1S/C36H40N4O4/c1-38(23-24-39(2)34(42)29-16-8-12-26-11-7-15-28(25-41)32(26)29)21-6-4-3-5-19-37-20-22-40-35(43)30-17-9-13-27-14-10-18-31(33(27)30)36(40)44/h7-18,25,37H,3-6,19-24H2,1-2H3. The van der Waals surface area contributed by atoms with Crippen molar-refractivity contribution in [2.45, 2.75) is 25.7 Å². The van der Waals surface area contributed by atoms with E-state index in [9.17, 15) is 19.2 Å². The van der Waals surface area contributed by atoms with E-state index < -0.39 is 0 Å². The topological polar surface area (TPSA) is 90.0 Å². The van der Waals surface area contributed by atoms with Crippen LogP contribution in [0.1, 0.15) is 67.1 Å². The molecule has 0 unspecified atom stereocenters. The molecule has 0 radical (unpaired) electrons. The molecular weight excluding hydrogens is 552 g/mol. The molecule has 4 aromatic rings. The molecule has 0 bridgehead atoms. The number of rotatable bonds is 15. The van der Waals surface area contributed by atoms with Gasteiger partial charge in [0.25, 0.3) is 17.7 Å². The van der Waals surface area contributed by atoms with Crippen LogP contribution >= 0.6 is 0 Å². The highest BCUT2D eigenvalue weighted by atomic mass is 16.2. The maximum atomic E-state index is 13.2. The quantitative estimate of drug-likeness (QED) is 0.115. The zero-order valence-electron chi connectivity index (χ0n) is 25.6. The first kappa shape index (κ1) is 31.0. The third-order valence-corrected chi connectivity index (χ3v) is 8.47. The molecule has 0 aromatic heterocycles. The number of benzene rings is 4. The predicted molar refractivity (Wildman–Crippen MR) is 174 cm³/mol. The van der Waals surface area contributed by atoms with Gasteiger partial charge >= 0.3 is 0 Å². The summed E-state index contributed by atoms with van der Waals surface area (Å²) in [6.45, 7) is 4.07. The van der Waals surface area contributed by atoms with E-state index in [2.05, 4.69) is 17.3 Å². The highest BCUT2D eigenvalue weighted by molar-refractivity contribution is 6.25. The van der Waals surface area contributed by atoms with Gasteiger partial charge in [-0.05, 0) is 62.0 Å². The van der Waals surface area contributed by atoms with Crippen molar-refractivity contribution in [3.8, 4) is 0 Å². The van der Waals surface area contributed by atoms with Crippen LogP contribution in [0.4, 0.5) is 0 Å². The minimum absolute atomic E-state index is 0.0815. The second-order valence-electron chi connectivity index (χ2n) is 11.5. The number of imide groups is 1. The Morgan fingerprint density at radius 3 is 2.02 bits per heavy atom. The first-order valence-corrected chi connectivity index (χ1v) is 15.4. The molecule has 44 heavy (non-hydrogen) atoms. The van der Waals surface area contributed by atoms with Gasteiger partial charge in [0.05, 0.1) is 0 Å². The average Bonchev–Trinajstić information content (AvgIpc) is 3.05. The van der Waals surface area contributed by atoms with Gasteiger partial charge < -0.3 is 15.1 Å². The van der Waals surface area contributed by atoms with E-state index in [1.165, 1.54) is 4.90 Å². The summed E-state index contributed by atoms with van der Waals surface area (Å²) in [5, 5.41) is 6.66. The molecule has 228 valence electrons. The fraction of sp³-hybridized carbons (Fsp3) is 0.333. The third kappa shape index (κ3) is 6.72. The Bertz CT molecular complexity index is 1630. The smallest absolute Gasteiger partial charge is 0.261 e. The van der Waals surface area contributed by atoms with E-state index in [0.717, 1.165) is 67.8 Å². The molecule has 0 spiro atoms. The van der Waals surface area contributed by atoms with Crippen LogP contribution in [-0.4, -0.2) is 92.1 Å². The lowest BCUT2D eigenvalue weighted by Gasteiger charge is -2.27. The monoisotopic (exact) mass is 592 g/mol. The third-order valence-electron chi connectivity index (χ3n) is 8.47. The number of nitrogens with one attached hydrogen (secondary N) is 1. The Balaban J connectivity index is 0.961. The van der Waals surface area contributed by atoms with Crippen LogP contribution < -0.4 is 5.32 Å². The highest BCUT2D eigenvalue weighted by Gasteiger charge is 2.32. The Morgan fingerprint density at radius 1 is 0.727 bits per heavy atom. The highest BCUT2D eigenvalue weighted by Crippen LogP contribution is 2.29. The van der Waals surface area contributed by atoms with Crippen molar-refractivity contribution in [1.82, 2.24) is 20.0 Å². The summed E-state index contributed by atoms with van der Waals surface area (Å²) in [6.07, 6.45) is 5.11. The number of hydrogen-bond donors (Lipinski definition) is 1. The van der Waals surface area contributed by atoms with E-state index in [4.69, 9.17) is 0 Å². The molecule has 1 aliphatic heterocycles. The van der Waals surface area contributed by atoms with E-state index >= 15 is 0 Å². The van der Waals surface area contributed by atoms with Crippen molar-refractivity contribution < 1.29 is 19.2 Å². The van der Waals surface area contributed by atoms with Crippen LogP contribution in [0.25, 0.3) is 21.5 Å². The number of nitrogens with zero attached hydrogens (tertiary/aromatic N) is 3. The summed E-state index contributed by atoms with van der Waals surface area (Å²) in [7, 11) is 3.88. The van der Waals surface area contributed by atoms with Gasteiger partial charge in [-0.2, -0.15) is 0 Å². The fourth-order valence-electron chi connectivity index (χ4n) is 5.97. The Hall–Kier alpha value is -4.40. The van der Waals surface area contributed by atoms with Gasteiger partial charge in [-0.25, -0.2) is 0 Å². The number of unbranched alkanes of at least 4 members (excludes halogenated alkanes) is 3. The second-order valence-corrected chi connectivity index (χ2v) is 11.5. The number of amides is 3. The lowest BCUT2D eigenvalue weighted by Crippen LogP contribution is -2.43. The maximum Gasteiger partial charge on any atom is 0.261 e. The maximum absolute atomic E-state index is 13.2. The van der Waals surface area contributed by atoms with Gasteiger partial charge in [0, 0.05) is 66.3 Å². The molecule has 0 saturated carbocycles. The van der Waals surface area contributed by atoms with Crippen molar-refractivity contribution >= 4 is 45.6 Å². The summed E-state index contributed by atoms with van der Waals surface area (Å²) >= 11 is 0. The van der Waals surface area contributed by atoms with Crippen LogP contribution in [0.5, 0.6) is 0 Å². The lowest BCUT2D eigenvalue weighted by atomic mass is 9.94. The summed E-state index contributed by atoms with van der Waals surface area (Å²) in [6, 6.07) is 22.2. The van der Waals surface area contributed by atoms with E-state index in [0.29, 0.717) is 47.3 Å². The molecule has 3 amide bonds. The largest absolute Gasteiger partial charge is 0.340 e. The van der Waals surface area contributed by atoms with Crippen LogP contribution in [0.3, 0.4) is 0 Å². The summed E-state index contributed by atoms with van der Waals surface area (Å²) in [5.41, 5.74) is 2.28. The fourth-order valence-corrected chi connectivity index (χ4v) is 5.97. The molecule has 1 aliphatic rings. The Labute approximate surface area is 258 Å². The molecule has 4 aromatic carbocycles. The van der Waals surface area contributed by atoms with Crippen molar-refractivity contribution in [3.05, 3.63) is 95.1 Å². The van der Waals surface area contributed by atoms with Crippen LogP contribution in [-0.2, 0) is 0 Å². The molecule has 5 rings (SSSR count). The summed E-state index contributed by atoms with van der Waals surface area (Å²) in [4.78, 5) is 56.1. The van der Waals surface area contributed by atoms with Gasteiger partial charge in [0.15, 0.2) is 6.29 Å². The molecule has 0 saturated heterocycles. The van der Waals surface area contributed by atoms with Gasteiger partial charge in [-0.15, -0.1) is 0 Å². The molecule has 8 heteroatoms. The number of likely N-dealkylation sites (N-methyl/N-ethyl adjacent to an activating group) is 2. The molecule has 0 fully saturated rings. The van der Waals surface area contributed by atoms with Crippen LogP contribution in [0, 0.1) is 0 Å². The summed E-state index contributed by atoms with van der Waals surface area (Å²) < 4.78 is 0. The first-order valence-electron chi connectivity index (χ1n) is 15.4. The number of fused-ring (bicyclic) bond motifs is 1. The van der Waals surface area contributed by atoms with E-state index in [-0.39, 0.29) is 17.7 Å². The van der Waals surface area contributed by atoms with Crippen LogP contribution in [0.2, 0.25) is 0 Å². The average molecular weight is 593 g/mol. The van der Waals surface area contributed by atoms with Crippen molar-refractivity contribution in [2.75, 3.05) is 53.4 Å². The number of aldehydes is 1. The Morgan fingerprint density at radius 2 is 1.34 bits per heavy atom. The summed E-state index contributed by atoms with van der Waals surface area (Å²) in [5.74, 6) is -0.523. The van der Waals surface area contributed by atoms with Gasteiger partial charge in [0.1, 0.15) is 0 Å². The Kier molecular flexibility index (Phi) is 10.1. The molecule has 0 aliphatic carbocycles. The van der Waals surface area contributed by atoms with Gasteiger partial charge in [-0.1, -0.05) is 67.4 Å². The van der Waals surface area contributed by atoms with E-state index in [1.807, 2.05) is 55.6 Å². The number of carbonyl (C=O) groups excluding carboxylic acids is 4. The van der Waals surface area contributed by atoms with Crippen molar-refractivity contribution in [2.24, 2.45) is 0 Å². The molecule has 1 N–H and O–H groups in total. The second kappa shape index (κ2) is 14.4. The predicted octanol–water partition coefficient (Wildman–Crippen LogP) is 5.26. The van der Waals surface area contributed by atoms with Crippen LogP contribution in [0.15, 0.2) is 72.8 Å². The zero-order chi connectivity index (χ0) is 31.1. The normalized spacial score (nSPS) is 12.8. The molecular formula is C36H40N4O4. The number of hydrogen-bond acceptors (Lipinski definition) is 6. The van der Waals surface area contributed by atoms with Gasteiger partial charge in [0.2, 0.25) is 0 Å². The van der Waals surface area contributed by atoms with Crippen molar-refractivity contribution in [3.63, 3.8) is 0 Å². The van der Waals surface area contributed by atoms with Gasteiger partial charge in [-0.3, -0.25) is 24.1 Å². The van der Waals surface area contributed by atoms with E-state index in [1.54, 1.807) is 29.2 Å². The zero-order valence-corrected chi connectivity index (χ0v) is 25.6. The molecule has 1 heterocycles. The number of carbonyl (C=O) groups is 4. The first-order chi connectivity index (χ1) is 21.4. The molecule has 0 atom stereocenters. The molecule has 8 nitrogen and oxygen atoms in total. The van der Waals surface area contributed by atoms with Crippen molar-refractivity contribution in [1.29, 1.82) is 0 Å². The lowest BCUT2D eigenvalue weighted by molar-refractivity contribution is 0.0611.